The topological polar surface area (TPSA) is 105 Å². The summed E-state index contributed by atoms with van der Waals surface area (Å²) < 4.78 is 28.0. The van der Waals surface area contributed by atoms with Gasteiger partial charge in [-0.05, 0) is 23.8 Å². The van der Waals surface area contributed by atoms with E-state index in [1.807, 2.05) is 0 Å². The van der Waals surface area contributed by atoms with Crippen molar-refractivity contribution in [3.05, 3.63) is 68.7 Å². The molecule has 0 N–H and O–H groups in total. The van der Waals surface area contributed by atoms with Crippen LogP contribution in [0.15, 0.2) is 56.9 Å². The predicted octanol–water partition coefficient (Wildman–Crippen LogP) is 2.66. The van der Waals surface area contributed by atoms with Gasteiger partial charge >= 0.3 is 0 Å². The Labute approximate surface area is 148 Å². The molecule has 0 saturated carbocycles. The van der Waals surface area contributed by atoms with Crippen LogP contribution in [0.3, 0.4) is 0 Å². The van der Waals surface area contributed by atoms with E-state index in [9.17, 15) is 18.5 Å². The molecular weight excluding hydrogens is 368 g/mol. The van der Waals surface area contributed by atoms with Gasteiger partial charge in [-0.25, -0.2) is 5.01 Å². The molecule has 8 nitrogen and oxygen atoms in total. The molecule has 0 spiro atoms. The number of halogens is 1. The minimum absolute atomic E-state index is 0.0927. The minimum Gasteiger partial charge on any atom is -0.258 e. The van der Waals surface area contributed by atoms with Gasteiger partial charge in [0, 0.05) is 29.8 Å². The number of hydrogen-bond donors (Lipinski definition) is 0. The normalized spacial score (nSPS) is 15.0. The highest BCUT2D eigenvalue weighted by Gasteiger charge is 2.32. The second-order valence-corrected chi connectivity index (χ2v) is 7.16. The maximum absolute atomic E-state index is 12.2. The number of nitro benzene ring substituents is 1. The number of hydrogen-bond acceptors (Lipinski definition) is 6. The summed E-state index contributed by atoms with van der Waals surface area (Å²) in [5.74, 6) is 0.0927. The van der Waals surface area contributed by atoms with Crippen molar-refractivity contribution in [2.24, 2.45) is 9.50 Å². The third kappa shape index (κ3) is 3.37. The molecule has 0 aromatic heterocycles. The van der Waals surface area contributed by atoms with Gasteiger partial charge < -0.3 is 0 Å². The Kier molecular flexibility index (Phi) is 4.27. The lowest BCUT2D eigenvalue weighted by Gasteiger charge is -2.12. The van der Waals surface area contributed by atoms with E-state index >= 15 is 0 Å². The molecule has 1 heterocycles. The van der Waals surface area contributed by atoms with Crippen LogP contribution in [0.2, 0.25) is 5.02 Å². The highest BCUT2D eigenvalue weighted by molar-refractivity contribution is 7.90. The number of nitrogens with zero attached hydrogens (tertiary/aromatic N) is 4. The molecule has 1 aliphatic heterocycles. The molecule has 0 radical (unpaired) electrons. The lowest BCUT2D eigenvalue weighted by Crippen LogP contribution is -2.21. The van der Waals surface area contributed by atoms with Gasteiger partial charge in [0.05, 0.1) is 11.1 Å². The van der Waals surface area contributed by atoms with E-state index in [0.29, 0.717) is 5.02 Å². The number of nitro groups is 1. The predicted molar refractivity (Wildman–Crippen MR) is 93.6 cm³/mol. The van der Waals surface area contributed by atoms with E-state index in [4.69, 9.17) is 11.6 Å². The Bertz CT molecular complexity index is 1020. The maximum atomic E-state index is 12.2. The van der Waals surface area contributed by atoms with Crippen molar-refractivity contribution in [2.45, 2.75) is 4.90 Å². The number of sulfonamides is 1. The van der Waals surface area contributed by atoms with Crippen molar-refractivity contribution in [3.8, 4) is 0 Å². The van der Waals surface area contributed by atoms with Crippen molar-refractivity contribution < 1.29 is 13.3 Å². The Morgan fingerprint density at radius 2 is 1.92 bits per heavy atom. The Balaban J connectivity index is 1.94. The Morgan fingerprint density at radius 3 is 2.56 bits per heavy atom. The quantitative estimate of drug-likeness (QED) is 0.463. The van der Waals surface area contributed by atoms with E-state index in [2.05, 4.69) is 9.50 Å². The lowest BCUT2D eigenvalue weighted by atomic mass is 10.2. The van der Waals surface area contributed by atoms with Gasteiger partial charge in [0.1, 0.15) is 4.90 Å². The summed E-state index contributed by atoms with van der Waals surface area (Å²) in [6.45, 7) is 0. The SMILES string of the molecule is CN(/N=C\c1ccc(Cl)cc1)C1=NS(=O)(=O)c2cc([N+](=O)[O-])ccc21. The zero-order valence-corrected chi connectivity index (χ0v) is 14.4. The van der Waals surface area contributed by atoms with Crippen LogP contribution in [-0.4, -0.2) is 37.4 Å². The van der Waals surface area contributed by atoms with Crippen LogP contribution in [0.5, 0.6) is 0 Å². The molecule has 0 bridgehead atoms. The fraction of sp³-hybridized carbons (Fsp3) is 0.0667. The second kappa shape index (κ2) is 6.26. The van der Waals surface area contributed by atoms with Gasteiger partial charge in [-0.2, -0.15) is 13.5 Å². The molecule has 0 atom stereocenters. The minimum atomic E-state index is -3.99. The zero-order chi connectivity index (χ0) is 18.2. The summed E-state index contributed by atoms with van der Waals surface area (Å²) in [5.41, 5.74) is 0.717. The number of rotatable bonds is 3. The molecule has 25 heavy (non-hydrogen) atoms. The summed E-state index contributed by atoms with van der Waals surface area (Å²) in [6.07, 6.45) is 1.52. The summed E-state index contributed by atoms with van der Waals surface area (Å²) in [6, 6.07) is 10.5. The van der Waals surface area contributed by atoms with Crippen LogP contribution in [0.1, 0.15) is 11.1 Å². The van der Waals surface area contributed by atoms with Crippen molar-refractivity contribution in [3.63, 3.8) is 0 Å². The second-order valence-electron chi connectivity index (χ2n) is 5.15. The molecule has 128 valence electrons. The fourth-order valence-electron chi connectivity index (χ4n) is 2.23. The largest absolute Gasteiger partial charge is 0.285 e. The molecule has 10 heteroatoms. The van der Waals surface area contributed by atoms with Crippen LogP contribution >= 0.6 is 11.6 Å². The van der Waals surface area contributed by atoms with Crippen molar-refractivity contribution in [1.29, 1.82) is 0 Å². The third-order valence-electron chi connectivity index (χ3n) is 3.46. The van der Waals surface area contributed by atoms with Crippen molar-refractivity contribution in [1.82, 2.24) is 5.01 Å². The van der Waals surface area contributed by atoms with Gasteiger partial charge in [0.2, 0.25) is 0 Å². The molecule has 1 aliphatic rings. The first-order valence-electron chi connectivity index (χ1n) is 6.95. The fourth-order valence-corrected chi connectivity index (χ4v) is 3.60. The van der Waals surface area contributed by atoms with E-state index in [-0.39, 0.29) is 22.0 Å². The van der Waals surface area contributed by atoms with Crippen LogP contribution in [0.25, 0.3) is 0 Å². The number of hydrazone groups is 1. The first-order chi connectivity index (χ1) is 11.8. The summed E-state index contributed by atoms with van der Waals surface area (Å²) in [4.78, 5) is 9.98. The van der Waals surface area contributed by atoms with Crippen LogP contribution in [-0.2, 0) is 10.0 Å². The van der Waals surface area contributed by atoms with Gasteiger partial charge in [-0.1, -0.05) is 23.7 Å². The Morgan fingerprint density at radius 1 is 1.24 bits per heavy atom. The first kappa shape index (κ1) is 17.1. The Hall–Kier alpha value is -2.78. The number of non-ortho nitro benzene ring substituents is 1. The highest BCUT2D eigenvalue weighted by Crippen LogP contribution is 2.30. The first-order valence-corrected chi connectivity index (χ1v) is 8.77. The molecule has 3 rings (SSSR count). The highest BCUT2D eigenvalue weighted by atomic mass is 35.5. The number of amidine groups is 1. The number of fused-ring (bicyclic) bond motifs is 1. The van der Waals surface area contributed by atoms with Crippen molar-refractivity contribution >= 4 is 39.4 Å². The van der Waals surface area contributed by atoms with Crippen LogP contribution < -0.4 is 0 Å². The molecule has 2 aromatic rings. The van der Waals surface area contributed by atoms with Gasteiger partial charge in [-0.3, -0.25) is 10.1 Å². The molecule has 0 saturated heterocycles. The van der Waals surface area contributed by atoms with Gasteiger partial charge in [0.15, 0.2) is 5.84 Å². The summed E-state index contributed by atoms with van der Waals surface area (Å²) in [7, 11) is -2.45. The standard InChI is InChI=1S/C15H11ClN4O4S/c1-19(17-9-10-2-4-11(16)5-3-10)15-13-7-6-12(20(21)22)8-14(13)25(23,24)18-15/h2-9H,1H3/b17-9-. The average molecular weight is 379 g/mol. The van der Waals surface area contributed by atoms with E-state index in [0.717, 1.165) is 11.6 Å². The molecular formula is C15H11ClN4O4S. The summed E-state index contributed by atoms with van der Waals surface area (Å²) >= 11 is 5.81. The summed E-state index contributed by atoms with van der Waals surface area (Å²) in [5, 5.41) is 16.9. The number of benzene rings is 2. The van der Waals surface area contributed by atoms with Gasteiger partial charge in [0.25, 0.3) is 15.7 Å². The molecule has 0 aliphatic carbocycles. The van der Waals surface area contributed by atoms with Gasteiger partial charge in [-0.15, -0.1) is 4.40 Å². The van der Waals surface area contributed by atoms with Crippen molar-refractivity contribution in [2.75, 3.05) is 7.05 Å². The molecule has 0 unspecified atom stereocenters. The van der Waals surface area contributed by atoms with E-state index in [1.54, 1.807) is 24.3 Å². The maximum Gasteiger partial charge on any atom is 0.285 e. The zero-order valence-electron chi connectivity index (χ0n) is 12.8. The smallest absolute Gasteiger partial charge is 0.258 e. The van der Waals surface area contributed by atoms with E-state index < -0.39 is 14.9 Å². The third-order valence-corrected chi connectivity index (χ3v) is 5.02. The van der Waals surface area contributed by atoms with Crippen LogP contribution in [0, 0.1) is 10.1 Å². The molecule has 0 amide bonds. The monoisotopic (exact) mass is 378 g/mol. The average Bonchev–Trinajstić information content (AvgIpc) is 2.85. The lowest BCUT2D eigenvalue weighted by molar-refractivity contribution is -0.385. The van der Waals surface area contributed by atoms with Crippen LogP contribution in [0.4, 0.5) is 5.69 Å². The molecule has 0 fully saturated rings. The van der Waals surface area contributed by atoms with E-state index in [1.165, 1.54) is 30.4 Å². The molecule has 2 aromatic carbocycles.